The lowest BCUT2D eigenvalue weighted by Crippen LogP contribution is -2.56. The summed E-state index contributed by atoms with van der Waals surface area (Å²) in [5.74, 6) is 0.713. The second kappa shape index (κ2) is 9.15. The molecule has 1 aromatic rings. The Balaban J connectivity index is 1.59. The monoisotopic (exact) mass is 545 g/mol. The molecule has 150 valence electrons. The van der Waals surface area contributed by atoms with E-state index < -0.39 is 10.0 Å². The molecule has 10 heteroatoms. The summed E-state index contributed by atoms with van der Waals surface area (Å²) in [5.41, 5.74) is 0. The normalized spacial score (nSPS) is 25.3. The standard InChI is InChI=1S/C17H22Cl2IN3O3S/c1-2-27(24,25)23-7-5-22(6-8-23)12-3-4-21-17(9-12)26-16-11-14(19)13(18)10-15(16)20/h2,10-12,17,21H,1,3-9H2. The number of halogens is 3. The number of ether oxygens (including phenoxy) is 1. The molecule has 2 heterocycles. The molecule has 0 spiro atoms. The molecule has 2 aliphatic heterocycles. The molecule has 2 unspecified atom stereocenters. The minimum atomic E-state index is -3.33. The molecule has 0 bridgehead atoms. The fourth-order valence-corrected chi connectivity index (χ4v) is 5.44. The van der Waals surface area contributed by atoms with Crippen molar-refractivity contribution in [3.05, 3.63) is 37.7 Å². The maximum atomic E-state index is 11.9. The first-order chi connectivity index (χ1) is 12.8. The van der Waals surface area contributed by atoms with E-state index in [1.54, 1.807) is 12.1 Å². The van der Waals surface area contributed by atoms with E-state index in [2.05, 4.69) is 39.4 Å². The number of nitrogens with one attached hydrogen (secondary N) is 1. The quantitative estimate of drug-likeness (QED) is 0.455. The Morgan fingerprint density at radius 2 is 1.89 bits per heavy atom. The van der Waals surface area contributed by atoms with E-state index >= 15 is 0 Å². The van der Waals surface area contributed by atoms with Gasteiger partial charge in [0.1, 0.15) is 5.75 Å². The highest BCUT2D eigenvalue weighted by atomic mass is 127. The first kappa shape index (κ1) is 21.6. The Bertz CT molecular complexity index is 801. The third-order valence-electron chi connectivity index (χ3n) is 4.94. The van der Waals surface area contributed by atoms with E-state index in [4.69, 9.17) is 27.9 Å². The number of rotatable bonds is 5. The van der Waals surface area contributed by atoms with Gasteiger partial charge in [0, 0.05) is 50.1 Å². The zero-order valence-electron chi connectivity index (χ0n) is 14.7. The van der Waals surface area contributed by atoms with Gasteiger partial charge in [-0.2, -0.15) is 4.31 Å². The van der Waals surface area contributed by atoms with Gasteiger partial charge in [-0.05, 0) is 41.6 Å². The molecule has 2 atom stereocenters. The van der Waals surface area contributed by atoms with Crippen LogP contribution in [0.1, 0.15) is 12.8 Å². The smallest absolute Gasteiger partial charge is 0.235 e. The molecule has 0 saturated carbocycles. The zero-order chi connectivity index (χ0) is 19.6. The van der Waals surface area contributed by atoms with E-state index in [0.29, 0.717) is 34.9 Å². The van der Waals surface area contributed by atoms with E-state index in [1.165, 1.54) is 4.31 Å². The molecule has 27 heavy (non-hydrogen) atoms. The number of hydrogen-bond donors (Lipinski definition) is 1. The average molecular weight is 546 g/mol. The van der Waals surface area contributed by atoms with Crippen molar-refractivity contribution in [2.24, 2.45) is 0 Å². The summed E-state index contributed by atoms with van der Waals surface area (Å²) in [4.78, 5) is 2.35. The third-order valence-corrected chi connectivity index (χ3v) is 8.01. The summed E-state index contributed by atoms with van der Waals surface area (Å²) in [7, 11) is -3.33. The number of nitrogens with zero attached hydrogens (tertiary/aromatic N) is 2. The minimum absolute atomic E-state index is 0.121. The summed E-state index contributed by atoms with van der Waals surface area (Å²) in [5, 5.41) is 5.40. The number of sulfonamides is 1. The first-order valence-corrected chi connectivity index (χ1v) is 12.0. The first-order valence-electron chi connectivity index (χ1n) is 8.71. The molecular weight excluding hydrogens is 524 g/mol. The van der Waals surface area contributed by atoms with Crippen LogP contribution in [-0.2, 0) is 10.0 Å². The average Bonchev–Trinajstić information content (AvgIpc) is 2.66. The second-order valence-corrected chi connectivity index (χ2v) is 10.4. The van der Waals surface area contributed by atoms with Crippen LogP contribution in [0.2, 0.25) is 10.0 Å². The van der Waals surface area contributed by atoms with Gasteiger partial charge in [0.25, 0.3) is 0 Å². The van der Waals surface area contributed by atoms with Gasteiger partial charge in [0.15, 0.2) is 6.23 Å². The van der Waals surface area contributed by atoms with Crippen LogP contribution in [0.3, 0.4) is 0 Å². The van der Waals surface area contributed by atoms with Crippen molar-refractivity contribution in [3.63, 3.8) is 0 Å². The molecule has 2 aliphatic rings. The van der Waals surface area contributed by atoms with Crippen molar-refractivity contribution >= 4 is 55.8 Å². The van der Waals surface area contributed by atoms with Gasteiger partial charge in [0.2, 0.25) is 10.0 Å². The SMILES string of the molecule is C=CS(=O)(=O)N1CCN(C2CCNC(Oc3cc(Cl)c(Cl)cc3I)C2)CC1. The molecular formula is C17H22Cl2IN3O3S. The number of benzene rings is 1. The topological polar surface area (TPSA) is 61.9 Å². The summed E-state index contributed by atoms with van der Waals surface area (Å²) in [6.07, 6.45) is 1.71. The lowest BCUT2D eigenvalue weighted by Gasteiger charge is -2.41. The van der Waals surface area contributed by atoms with Crippen molar-refractivity contribution in [1.29, 1.82) is 0 Å². The van der Waals surface area contributed by atoms with Gasteiger partial charge in [-0.15, -0.1) is 0 Å². The summed E-state index contributed by atoms with van der Waals surface area (Å²) < 4.78 is 32.4. The Hall–Kier alpha value is -0.100. The molecule has 6 nitrogen and oxygen atoms in total. The van der Waals surface area contributed by atoms with Crippen molar-refractivity contribution in [2.75, 3.05) is 32.7 Å². The number of piperidine rings is 1. The maximum Gasteiger partial charge on any atom is 0.235 e. The highest BCUT2D eigenvalue weighted by molar-refractivity contribution is 14.1. The molecule has 3 rings (SSSR count). The van der Waals surface area contributed by atoms with Gasteiger partial charge >= 0.3 is 0 Å². The zero-order valence-corrected chi connectivity index (χ0v) is 19.2. The van der Waals surface area contributed by atoms with Gasteiger partial charge in [0.05, 0.1) is 13.6 Å². The molecule has 0 aliphatic carbocycles. The largest absolute Gasteiger partial charge is 0.474 e. The fraction of sp³-hybridized carbons (Fsp3) is 0.529. The van der Waals surface area contributed by atoms with Gasteiger partial charge < -0.3 is 4.74 Å². The van der Waals surface area contributed by atoms with Gasteiger partial charge in [-0.25, -0.2) is 8.42 Å². The van der Waals surface area contributed by atoms with Crippen molar-refractivity contribution in [1.82, 2.24) is 14.5 Å². The van der Waals surface area contributed by atoms with Gasteiger partial charge in [-0.1, -0.05) is 29.8 Å². The van der Waals surface area contributed by atoms with Crippen LogP contribution in [-0.4, -0.2) is 62.6 Å². The molecule has 0 aromatic heterocycles. The third kappa shape index (κ3) is 5.29. The molecule has 1 N–H and O–H groups in total. The summed E-state index contributed by atoms with van der Waals surface area (Å²) >= 11 is 14.3. The van der Waals surface area contributed by atoms with E-state index in [1.807, 2.05) is 0 Å². The Kier molecular flexibility index (Phi) is 7.32. The summed E-state index contributed by atoms with van der Waals surface area (Å²) in [6, 6.07) is 3.89. The van der Waals surface area contributed by atoms with Crippen LogP contribution >= 0.6 is 45.8 Å². The Morgan fingerprint density at radius 3 is 2.56 bits per heavy atom. The number of hydrogen-bond acceptors (Lipinski definition) is 5. The second-order valence-electron chi connectivity index (χ2n) is 6.58. The van der Waals surface area contributed by atoms with Gasteiger partial charge in [-0.3, -0.25) is 10.2 Å². The lowest BCUT2D eigenvalue weighted by atomic mass is 10.0. The van der Waals surface area contributed by atoms with Crippen LogP contribution in [0.5, 0.6) is 5.75 Å². The van der Waals surface area contributed by atoms with Crippen LogP contribution in [0.4, 0.5) is 0 Å². The highest BCUT2D eigenvalue weighted by Gasteiger charge is 2.32. The molecule has 0 amide bonds. The van der Waals surface area contributed by atoms with Crippen LogP contribution in [0.25, 0.3) is 0 Å². The van der Waals surface area contributed by atoms with E-state index in [0.717, 1.165) is 41.5 Å². The van der Waals surface area contributed by atoms with Crippen LogP contribution in [0, 0.1) is 3.57 Å². The minimum Gasteiger partial charge on any atom is -0.474 e. The Morgan fingerprint density at radius 1 is 1.22 bits per heavy atom. The molecule has 1 aromatic carbocycles. The van der Waals surface area contributed by atoms with Crippen LogP contribution in [0.15, 0.2) is 24.1 Å². The molecule has 2 fully saturated rings. The lowest BCUT2D eigenvalue weighted by molar-refractivity contribution is 0.0483. The number of piperazine rings is 1. The van der Waals surface area contributed by atoms with E-state index in [9.17, 15) is 8.42 Å². The predicted molar refractivity (Wildman–Crippen MR) is 117 cm³/mol. The fourth-order valence-electron chi connectivity index (χ4n) is 3.46. The summed E-state index contributed by atoms with van der Waals surface area (Å²) in [6.45, 7) is 6.67. The molecule has 2 saturated heterocycles. The van der Waals surface area contributed by atoms with Crippen molar-refractivity contribution < 1.29 is 13.2 Å². The van der Waals surface area contributed by atoms with Crippen molar-refractivity contribution in [3.8, 4) is 5.75 Å². The Labute approximate surface area is 184 Å². The van der Waals surface area contributed by atoms with Crippen molar-refractivity contribution in [2.45, 2.75) is 25.1 Å². The maximum absolute atomic E-state index is 11.9. The van der Waals surface area contributed by atoms with Crippen LogP contribution < -0.4 is 10.1 Å². The predicted octanol–water partition coefficient (Wildman–Crippen LogP) is 3.15. The highest BCUT2D eigenvalue weighted by Crippen LogP contribution is 2.33. The molecule has 0 radical (unpaired) electrons. The van der Waals surface area contributed by atoms with E-state index in [-0.39, 0.29) is 6.23 Å².